The molecule has 0 fully saturated rings. The van der Waals surface area contributed by atoms with Gasteiger partial charge in [0.1, 0.15) is 29.7 Å². The summed E-state index contributed by atoms with van der Waals surface area (Å²) in [6.45, 7) is 11.0. The second-order valence-electron chi connectivity index (χ2n) is 10.7. The fraction of sp³-hybridized carbons (Fsp3) is 0.310. The van der Waals surface area contributed by atoms with Gasteiger partial charge in [-0.15, -0.1) is 0 Å². The maximum Gasteiger partial charge on any atom is 0.158 e. The van der Waals surface area contributed by atoms with E-state index in [1.165, 1.54) is 17.5 Å². The molecule has 0 saturated heterocycles. The first-order valence-corrected chi connectivity index (χ1v) is 13.0. The average molecular weight is 509 g/mol. The summed E-state index contributed by atoms with van der Waals surface area (Å²) in [6.07, 6.45) is 11.4. The van der Waals surface area contributed by atoms with Gasteiger partial charge in [-0.2, -0.15) is 10.2 Å². The maximum atomic E-state index is 6.14. The molecule has 9 nitrogen and oxygen atoms in total. The number of fused-ring (bicyclic) bond motifs is 2. The van der Waals surface area contributed by atoms with E-state index in [2.05, 4.69) is 69.4 Å². The van der Waals surface area contributed by atoms with Crippen molar-refractivity contribution in [3.05, 3.63) is 78.6 Å². The molecule has 0 spiro atoms. The van der Waals surface area contributed by atoms with Gasteiger partial charge in [-0.1, -0.05) is 6.08 Å². The molecule has 9 heteroatoms. The predicted molar refractivity (Wildman–Crippen MR) is 149 cm³/mol. The van der Waals surface area contributed by atoms with Gasteiger partial charge < -0.3 is 10.1 Å². The van der Waals surface area contributed by atoms with Gasteiger partial charge in [0, 0.05) is 48.3 Å². The summed E-state index contributed by atoms with van der Waals surface area (Å²) in [7, 11) is 0. The number of ether oxygens (including phenoxy) is 1. The van der Waals surface area contributed by atoms with Crippen molar-refractivity contribution in [2.75, 3.05) is 18.4 Å². The van der Waals surface area contributed by atoms with E-state index in [9.17, 15) is 0 Å². The fourth-order valence-corrected chi connectivity index (χ4v) is 5.05. The Hall–Kier alpha value is -4.24. The molecule has 38 heavy (non-hydrogen) atoms. The Morgan fingerprint density at radius 2 is 1.74 bits per heavy atom. The van der Waals surface area contributed by atoms with Gasteiger partial charge in [-0.3, -0.25) is 4.90 Å². The lowest BCUT2D eigenvalue weighted by molar-refractivity contribution is 0.145. The number of aryl methyl sites for hydroxylation is 1. The van der Waals surface area contributed by atoms with Crippen LogP contribution in [0.1, 0.15) is 44.7 Å². The lowest BCUT2D eigenvalue weighted by Gasteiger charge is -2.34. The van der Waals surface area contributed by atoms with E-state index in [1.807, 2.05) is 48.1 Å². The van der Waals surface area contributed by atoms with Gasteiger partial charge in [0.05, 0.1) is 0 Å². The zero-order valence-electron chi connectivity index (χ0n) is 22.2. The fourth-order valence-electron chi connectivity index (χ4n) is 5.05. The molecule has 1 aliphatic heterocycles. The van der Waals surface area contributed by atoms with E-state index >= 15 is 0 Å². The van der Waals surface area contributed by atoms with E-state index < -0.39 is 0 Å². The van der Waals surface area contributed by atoms with Crippen LogP contribution in [0.25, 0.3) is 16.7 Å². The van der Waals surface area contributed by atoms with Crippen LogP contribution in [0.4, 0.5) is 11.5 Å². The Morgan fingerprint density at radius 3 is 2.58 bits per heavy atom. The van der Waals surface area contributed by atoms with E-state index in [0.717, 1.165) is 59.9 Å². The Morgan fingerprint density at radius 1 is 0.921 bits per heavy atom. The first-order chi connectivity index (χ1) is 18.3. The number of anilines is 2. The van der Waals surface area contributed by atoms with Crippen molar-refractivity contribution in [2.24, 2.45) is 0 Å². The van der Waals surface area contributed by atoms with Crippen molar-refractivity contribution < 1.29 is 4.74 Å². The number of nitrogens with one attached hydrogen (secondary N) is 1. The molecule has 1 aromatic carbocycles. The topological polar surface area (TPSA) is 84.9 Å². The van der Waals surface area contributed by atoms with Gasteiger partial charge >= 0.3 is 0 Å². The highest BCUT2D eigenvalue weighted by molar-refractivity contribution is 5.87. The van der Waals surface area contributed by atoms with Crippen LogP contribution >= 0.6 is 0 Å². The Balaban J connectivity index is 1.25. The van der Waals surface area contributed by atoms with Crippen LogP contribution in [0.15, 0.2) is 67.5 Å². The van der Waals surface area contributed by atoms with Gasteiger partial charge in [0.2, 0.25) is 0 Å². The summed E-state index contributed by atoms with van der Waals surface area (Å²) in [5.41, 5.74) is 6.37. The van der Waals surface area contributed by atoms with Gasteiger partial charge in [-0.25, -0.2) is 19.0 Å². The van der Waals surface area contributed by atoms with Crippen LogP contribution < -0.4 is 10.1 Å². The predicted octanol–water partition coefficient (Wildman–Crippen LogP) is 5.89. The van der Waals surface area contributed by atoms with Gasteiger partial charge in [0.25, 0.3) is 0 Å². The molecule has 1 aliphatic rings. The van der Waals surface area contributed by atoms with Crippen LogP contribution in [0.5, 0.6) is 11.5 Å². The normalized spacial score (nSPS) is 15.0. The summed E-state index contributed by atoms with van der Waals surface area (Å²) in [4.78, 5) is 11.4. The molecule has 4 aromatic heterocycles. The smallest absolute Gasteiger partial charge is 0.158 e. The van der Waals surface area contributed by atoms with Crippen molar-refractivity contribution >= 4 is 28.2 Å². The standard InChI is InChI=1S/C29H32N8O/c1-20-16-22(7-8-25(20)38-23-10-14-36-26(17-23)30-18-32-36)34-28-27-24(11-15-37(27)33-19-31-28)21-6-5-12-35(13-9-21)29(2,3)4/h6-8,10-11,14-19H,5,9,12-13H2,1-4H3,(H,31,33,34). The summed E-state index contributed by atoms with van der Waals surface area (Å²) in [5, 5.41) is 12.1. The molecule has 6 rings (SSSR count). The summed E-state index contributed by atoms with van der Waals surface area (Å²) in [5.74, 6) is 2.28. The first-order valence-electron chi connectivity index (χ1n) is 13.0. The number of hydrogen-bond acceptors (Lipinski definition) is 7. The molecule has 0 atom stereocenters. The highest BCUT2D eigenvalue weighted by Crippen LogP contribution is 2.33. The molecular weight excluding hydrogens is 476 g/mol. The van der Waals surface area contributed by atoms with Crippen LogP contribution in [0.3, 0.4) is 0 Å². The number of hydrogen-bond donors (Lipinski definition) is 1. The number of aromatic nitrogens is 6. The third-order valence-electron chi connectivity index (χ3n) is 7.11. The lowest BCUT2D eigenvalue weighted by atomic mass is 10.0. The van der Waals surface area contributed by atoms with E-state index in [0.29, 0.717) is 5.75 Å². The number of pyridine rings is 1. The van der Waals surface area contributed by atoms with Crippen LogP contribution in [0, 0.1) is 6.92 Å². The maximum absolute atomic E-state index is 6.14. The Kier molecular flexibility index (Phi) is 6.07. The van der Waals surface area contributed by atoms with Crippen molar-refractivity contribution in [3.8, 4) is 11.5 Å². The molecule has 194 valence electrons. The van der Waals surface area contributed by atoms with E-state index in [1.54, 1.807) is 10.8 Å². The highest BCUT2D eigenvalue weighted by atomic mass is 16.5. The van der Waals surface area contributed by atoms with Crippen LogP contribution in [-0.2, 0) is 0 Å². The number of benzene rings is 1. The Bertz CT molecular complexity index is 1640. The summed E-state index contributed by atoms with van der Waals surface area (Å²) in [6, 6.07) is 11.9. The van der Waals surface area contributed by atoms with Crippen molar-refractivity contribution in [3.63, 3.8) is 0 Å². The van der Waals surface area contributed by atoms with Crippen LogP contribution in [-0.4, -0.2) is 52.7 Å². The first kappa shape index (κ1) is 24.1. The van der Waals surface area contributed by atoms with Gasteiger partial charge in [0.15, 0.2) is 11.5 Å². The molecule has 5 aromatic rings. The monoisotopic (exact) mass is 508 g/mol. The minimum absolute atomic E-state index is 0.166. The molecule has 0 saturated carbocycles. The molecule has 0 amide bonds. The molecule has 0 radical (unpaired) electrons. The van der Waals surface area contributed by atoms with Crippen LogP contribution in [0.2, 0.25) is 0 Å². The minimum Gasteiger partial charge on any atom is -0.457 e. The summed E-state index contributed by atoms with van der Waals surface area (Å²) < 4.78 is 9.75. The number of nitrogens with zero attached hydrogens (tertiary/aromatic N) is 7. The van der Waals surface area contributed by atoms with E-state index in [4.69, 9.17) is 4.74 Å². The molecule has 1 N–H and O–H groups in total. The van der Waals surface area contributed by atoms with Gasteiger partial charge in [-0.05, 0) is 82.0 Å². The van der Waals surface area contributed by atoms with Crippen molar-refractivity contribution in [1.82, 2.24) is 34.1 Å². The quantitative estimate of drug-likeness (QED) is 0.317. The zero-order valence-corrected chi connectivity index (χ0v) is 22.2. The number of rotatable bonds is 5. The average Bonchev–Trinajstić information content (AvgIpc) is 3.45. The highest BCUT2D eigenvalue weighted by Gasteiger charge is 2.24. The Labute approximate surface area is 221 Å². The largest absolute Gasteiger partial charge is 0.457 e. The molecule has 0 aliphatic carbocycles. The van der Waals surface area contributed by atoms with Crippen molar-refractivity contribution in [2.45, 2.75) is 46.1 Å². The third-order valence-corrected chi connectivity index (χ3v) is 7.11. The second kappa shape index (κ2) is 9.57. The zero-order chi connectivity index (χ0) is 26.3. The van der Waals surface area contributed by atoms with E-state index in [-0.39, 0.29) is 5.54 Å². The van der Waals surface area contributed by atoms with Crippen molar-refractivity contribution in [1.29, 1.82) is 0 Å². The lowest BCUT2D eigenvalue weighted by Crippen LogP contribution is -2.41. The molecular formula is C29H32N8O. The summed E-state index contributed by atoms with van der Waals surface area (Å²) >= 11 is 0. The molecule has 0 unspecified atom stereocenters. The molecule has 5 heterocycles. The SMILES string of the molecule is Cc1cc(Nc2ncnn3ccc(C4=CCCN(C(C)(C)C)CC4)c23)ccc1Oc1ccn2ncnc2c1. The second-order valence-corrected chi connectivity index (χ2v) is 10.7. The molecule has 0 bridgehead atoms. The third kappa shape index (κ3) is 4.72. The minimum atomic E-state index is 0.166.